The molecule has 2 fully saturated rings. The molecule has 3 unspecified atom stereocenters. The van der Waals surface area contributed by atoms with Crippen LogP contribution in [-0.2, 0) is 4.79 Å². The standard InChI is InChI=1S/C13H24N2O/c1-10-4-2-3-5-11(10)8-15-7-6-12(9-15)13(14)16/h10-12H,2-9H2,1H3,(H2,14,16). The van der Waals surface area contributed by atoms with Crippen molar-refractivity contribution < 1.29 is 4.79 Å². The van der Waals surface area contributed by atoms with Gasteiger partial charge in [0.1, 0.15) is 0 Å². The highest BCUT2D eigenvalue weighted by atomic mass is 16.1. The summed E-state index contributed by atoms with van der Waals surface area (Å²) >= 11 is 0. The van der Waals surface area contributed by atoms with Crippen molar-refractivity contribution in [2.75, 3.05) is 19.6 Å². The van der Waals surface area contributed by atoms with Crippen LogP contribution in [0.4, 0.5) is 0 Å². The molecule has 3 atom stereocenters. The average Bonchev–Trinajstić information content (AvgIpc) is 2.70. The molecule has 0 aromatic rings. The van der Waals surface area contributed by atoms with Crippen molar-refractivity contribution in [3.8, 4) is 0 Å². The average molecular weight is 224 g/mol. The number of primary amides is 1. The third-order valence-corrected chi connectivity index (χ3v) is 4.46. The normalized spacial score (nSPS) is 36.4. The van der Waals surface area contributed by atoms with Gasteiger partial charge in [-0.25, -0.2) is 0 Å². The van der Waals surface area contributed by atoms with Crippen LogP contribution in [0, 0.1) is 17.8 Å². The summed E-state index contributed by atoms with van der Waals surface area (Å²) in [6.07, 6.45) is 6.52. The third-order valence-electron chi connectivity index (χ3n) is 4.46. The number of carbonyl (C=O) groups excluding carboxylic acids is 1. The fourth-order valence-electron chi connectivity index (χ4n) is 3.23. The Morgan fingerprint density at radius 2 is 2.06 bits per heavy atom. The topological polar surface area (TPSA) is 46.3 Å². The van der Waals surface area contributed by atoms with Crippen molar-refractivity contribution in [1.82, 2.24) is 4.90 Å². The number of carbonyl (C=O) groups is 1. The van der Waals surface area contributed by atoms with Gasteiger partial charge in [-0.2, -0.15) is 0 Å². The van der Waals surface area contributed by atoms with Gasteiger partial charge in [-0.3, -0.25) is 4.79 Å². The van der Waals surface area contributed by atoms with Gasteiger partial charge in [0.2, 0.25) is 5.91 Å². The second kappa shape index (κ2) is 5.17. The molecule has 1 amide bonds. The van der Waals surface area contributed by atoms with Gasteiger partial charge in [-0.15, -0.1) is 0 Å². The molecule has 0 aromatic carbocycles. The molecule has 0 radical (unpaired) electrons. The van der Waals surface area contributed by atoms with Crippen molar-refractivity contribution >= 4 is 5.91 Å². The minimum Gasteiger partial charge on any atom is -0.369 e. The molecule has 0 spiro atoms. The summed E-state index contributed by atoms with van der Waals surface area (Å²) in [6.45, 7) is 5.53. The van der Waals surface area contributed by atoms with E-state index in [1.54, 1.807) is 0 Å². The lowest BCUT2D eigenvalue weighted by molar-refractivity contribution is -0.121. The van der Waals surface area contributed by atoms with Gasteiger partial charge in [0.05, 0.1) is 5.92 Å². The maximum atomic E-state index is 11.1. The second-order valence-corrected chi connectivity index (χ2v) is 5.67. The zero-order chi connectivity index (χ0) is 11.5. The molecular formula is C13H24N2O. The quantitative estimate of drug-likeness (QED) is 0.792. The Bertz CT molecular complexity index is 254. The number of hydrogen-bond acceptors (Lipinski definition) is 2. The van der Waals surface area contributed by atoms with Gasteiger partial charge >= 0.3 is 0 Å². The fraction of sp³-hybridized carbons (Fsp3) is 0.923. The smallest absolute Gasteiger partial charge is 0.221 e. The highest BCUT2D eigenvalue weighted by Crippen LogP contribution is 2.31. The Balaban J connectivity index is 1.79. The molecule has 1 aliphatic heterocycles. The summed E-state index contributed by atoms with van der Waals surface area (Å²) in [5.74, 6) is 1.71. The molecule has 2 N–H and O–H groups in total. The van der Waals surface area contributed by atoms with Crippen LogP contribution in [0.25, 0.3) is 0 Å². The molecule has 2 rings (SSSR count). The number of rotatable bonds is 3. The number of amides is 1. The zero-order valence-corrected chi connectivity index (χ0v) is 10.3. The Morgan fingerprint density at radius 3 is 2.69 bits per heavy atom. The maximum Gasteiger partial charge on any atom is 0.221 e. The Morgan fingerprint density at radius 1 is 1.31 bits per heavy atom. The Hall–Kier alpha value is -0.570. The summed E-state index contributed by atoms with van der Waals surface area (Å²) in [5.41, 5.74) is 5.35. The molecule has 1 saturated carbocycles. The minimum atomic E-state index is -0.112. The van der Waals surface area contributed by atoms with Gasteiger partial charge in [0.25, 0.3) is 0 Å². The van der Waals surface area contributed by atoms with Crippen LogP contribution in [0.5, 0.6) is 0 Å². The Kier molecular flexibility index (Phi) is 3.85. The molecule has 0 aromatic heterocycles. The van der Waals surface area contributed by atoms with Crippen molar-refractivity contribution in [3.05, 3.63) is 0 Å². The molecule has 1 aliphatic carbocycles. The van der Waals surface area contributed by atoms with E-state index in [-0.39, 0.29) is 11.8 Å². The molecule has 1 heterocycles. The SMILES string of the molecule is CC1CCCCC1CN1CCC(C(N)=O)C1. The summed E-state index contributed by atoms with van der Waals surface area (Å²) in [7, 11) is 0. The first-order valence-corrected chi connectivity index (χ1v) is 6.68. The molecular weight excluding hydrogens is 200 g/mol. The van der Waals surface area contributed by atoms with E-state index >= 15 is 0 Å². The number of nitrogens with zero attached hydrogens (tertiary/aromatic N) is 1. The molecule has 3 nitrogen and oxygen atoms in total. The van der Waals surface area contributed by atoms with E-state index < -0.39 is 0 Å². The van der Waals surface area contributed by atoms with Crippen LogP contribution in [0.3, 0.4) is 0 Å². The number of likely N-dealkylation sites (tertiary alicyclic amines) is 1. The minimum absolute atomic E-state index is 0.110. The van der Waals surface area contributed by atoms with E-state index in [1.165, 1.54) is 32.2 Å². The van der Waals surface area contributed by atoms with Crippen molar-refractivity contribution in [3.63, 3.8) is 0 Å². The molecule has 3 heteroatoms. The van der Waals surface area contributed by atoms with Crippen LogP contribution in [0.1, 0.15) is 39.0 Å². The van der Waals surface area contributed by atoms with Gasteiger partial charge in [0, 0.05) is 13.1 Å². The van der Waals surface area contributed by atoms with Crippen LogP contribution in [-0.4, -0.2) is 30.4 Å². The van der Waals surface area contributed by atoms with Crippen LogP contribution in [0.2, 0.25) is 0 Å². The number of nitrogens with two attached hydrogens (primary N) is 1. The highest BCUT2D eigenvalue weighted by molar-refractivity contribution is 5.77. The lowest BCUT2D eigenvalue weighted by Crippen LogP contribution is -2.33. The van der Waals surface area contributed by atoms with E-state index in [0.29, 0.717) is 0 Å². The van der Waals surface area contributed by atoms with Gasteiger partial charge in [-0.1, -0.05) is 26.2 Å². The van der Waals surface area contributed by atoms with E-state index in [1.807, 2.05) is 0 Å². The fourth-order valence-corrected chi connectivity index (χ4v) is 3.23. The van der Waals surface area contributed by atoms with E-state index in [0.717, 1.165) is 31.3 Å². The summed E-state index contributed by atoms with van der Waals surface area (Å²) in [5, 5.41) is 0. The van der Waals surface area contributed by atoms with Gasteiger partial charge in [0.15, 0.2) is 0 Å². The van der Waals surface area contributed by atoms with Crippen molar-refractivity contribution in [2.45, 2.75) is 39.0 Å². The second-order valence-electron chi connectivity index (χ2n) is 5.67. The summed E-state index contributed by atoms with van der Waals surface area (Å²) in [4.78, 5) is 13.5. The highest BCUT2D eigenvalue weighted by Gasteiger charge is 2.30. The van der Waals surface area contributed by atoms with E-state index in [9.17, 15) is 4.79 Å². The molecule has 92 valence electrons. The lowest BCUT2D eigenvalue weighted by atomic mass is 9.80. The van der Waals surface area contributed by atoms with Gasteiger partial charge < -0.3 is 10.6 Å². The predicted molar refractivity (Wildman–Crippen MR) is 64.9 cm³/mol. The number of hydrogen-bond donors (Lipinski definition) is 1. The lowest BCUT2D eigenvalue weighted by Gasteiger charge is -2.32. The van der Waals surface area contributed by atoms with E-state index in [4.69, 9.17) is 5.73 Å². The monoisotopic (exact) mass is 224 g/mol. The predicted octanol–water partition coefficient (Wildman–Crippen LogP) is 1.62. The Labute approximate surface area is 98.4 Å². The molecule has 1 saturated heterocycles. The molecule has 0 bridgehead atoms. The summed E-state index contributed by atoms with van der Waals surface area (Å²) in [6, 6.07) is 0. The van der Waals surface area contributed by atoms with Gasteiger partial charge in [-0.05, 0) is 31.2 Å². The summed E-state index contributed by atoms with van der Waals surface area (Å²) < 4.78 is 0. The first-order chi connectivity index (χ1) is 7.66. The van der Waals surface area contributed by atoms with Crippen molar-refractivity contribution in [2.24, 2.45) is 23.5 Å². The van der Waals surface area contributed by atoms with Crippen LogP contribution >= 0.6 is 0 Å². The van der Waals surface area contributed by atoms with Crippen molar-refractivity contribution in [1.29, 1.82) is 0 Å². The molecule has 2 aliphatic rings. The maximum absolute atomic E-state index is 11.1. The first-order valence-electron chi connectivity index (χ1n) is 6.68. The zero-order valence-electron chi connectivity index (χ0n) is 10.3. The molecule has 16 heavy (non-hydrogen) atoms. The largest absolute Gasteiger partial charge is 0.369 e. The third kappa shape index (κ3) is 2.76. The van der Waals surface area contributed by atoms with Crippen LogP contribution in [0.15, 0.2) is 0 Å². The van der Waals surface area contributed by atoms with Crippen LogP contribution < -0.4 is 5.73 Å². The van der Waals surface area contributed by atoms with E-state index in [2.05, 4.69) is 11.8 Å². The first kappa shape index (κ1) is 11.9.